The van der Waals surface area contributed by atoms with Gasteiger partial charge in [-0.2, -0.15) is 0 Å². The molecule has 0 aliphatic carbocycles. The molecular weight excluding hydrogens is 336 g/mol. The molecule has 2 rings (SSSR count). The van der Waals surface area contributed by atoms with Crippen molar-refractivity contribution in [2.24, 2.45) is 0 Å². The van der Waals surface area contributed by atoms with Crippen molar-refractivity contribution in [1.29, 1.82) is 0 Å². The van der Waals surface area contributed by atoms with Crippen LogP contribution >= 0.6 is 11.3 Å². The van der Waals surface area contributed by atoms with Crippen LogP contribution in [0.2, 0.25) is 0 Å². The molecule has 0 unspecified atom stereocenters. The molecule has 25 heavy (non-hydrogen) atoms. The van der Waals surface area contributed by atoms with Gasteiger partial charge < -0.3 is 10.6 Å². The predicted octanol–water partition coefficient (Wildman–Crippen LogP) is 3.00. The zero-order chi connectivity index (χ0) is 18.4. The topological polar surface area (TPSA) is 75.3 Å². The van der Waals surface area contributed by atoms with Crippen molar-refractivity contribution in [3.05, 3.63) is 56.8 Å². The van der Waals surface area contributed by atoms with Crippen molar-refractivity contribution in [2.75, 3.05) is 7.05 Å². The molecule has 2 N–H and O–H groups in total. The van der Waals surface area contributed by atoms with E-state index in [-0.39, 0.29) is 30.4 Å². The van der Waals surface area contributed by atoms with E-state index in [9.17, 15) is 14.4 Å². The first-order valence-corrected chi connectivity index (χ1v) is 8.90. The molecule has 0 atom stereocenters. The second-order valence-electron chi connectivity index (χ2n) is 5.80. The largest absolute Gasteiger partial charge is 0.355 e. The summed E-state index contributed by atoms with van der Waals surface area (Å²) in [4.78, 5) is 37.7. The van der Waals surface area contributed by atoms with E-state index in [0.717, 1.165) is 20.9 Å². The van der Waals surface area contributed by atoms with Gasteiger partial charge in [-0.3, -0.25) is 14.4 Å². The molecule has 1 aromatic carbocycles. The van der Waals surface area contributed by atoms with Crippen LogP contribution in [-0.4, -0.2) is 24.6 Å². The molecule has 5 nitrogen and oxygen atoms in total. The minimum Gasteiger partial charge on any atom is -0.355 e. The van der Waals surface area contributed by atoms with Crippen molar-refractivity contribution in [3.63, 3.8) is 0 Å². The number of hydrogen-bond acceptors (Lipinski definition) is 4. The summed E-state index contributed by atoms with van der Waals surface area (Å²) in [5.74, 6) is -0.298. The van der Waals surface area contributed by atoms with E-state index in [2.05, 4.69) is 10.6 Å². The van der Waals surface area contributed by atoms with E-state index in [1.165, 1.54) is 0 Å². The first kappa shape index (κ1) is 18.9. The summed E-state index contributed by atoms with van der Waals surface area (Å²) < 4.78 is 0. The Kier molecular flexibility index (Phi) is 6.47. The van der Waals surface area contributed by atoms with Crippen molar-refractivity contribution < 1.29 is 14.4 Å². The van der Waals surface area contributed by atoms with Gasteiger partial charge in [-0.25, -0.2) is 0 Å². The first-order valence-electron chi connectivity index (χ1n) is 8.08. The molecule has 2 aromatic rings. The number of hydrogen-bond donors (Lipinski definition) is 2. The SMILES string of the molecule is CNC(=O)c1ccc(CNC(=O)CCC(=O)c2cc(C)sc2C)cc1. The van der Waals surface area contributed by atoms with E-state index >= 15 is 0 Å². The van der Waals surface area contributed by atoms with Gasteiger partial charge >= 0.3 is 0 Å². The number of ketones is 1. The normalized spacial score (nSPS) is 10.4. The Balaban J connectivity index is 1.80. The molecule has 0 fully saturated rings. The number of aryl methyl sites for hydroxylation is 2. The maximum absolute atomic E-state index is 12.2. The van der Waals surface area contributed by atoms with Gasteiger partial charge in [0.2, 0.25) is 5.91 Å². The molecule has 0 radical (unpaired) electrons. The van der Waals surface area contributed by atoms with Crippen molar-refractivity contribution in [2.45, 2.75) is 33.2 Å². The smallest absolute Gasteiger partial charge is 0.251 e. The van der Waals surface area contributed by atoms with Crippen LogP contribution in [0.15, 0.2) is 30.3 Å². The van der Waals surface area contributed by atoms with Crippen LogP contribution < -0.4 is 10.6 Å². The van der Waals surface area contributed by atoms with E-state index in [1.54, 1.807) is 42.6 Å². The van der Waals surface area contributed by atoms with E-state index < -0.39 is 0 Å². The van der Waals surface area contributed by atoms with Crippen molar-refractivity contribution in [1.82, 2.24) is 10.6 Å². The van der Waals surface area contributed by atoms with Crippen LogP contribution in [-0.2, 0) is 11.3 Å². The van der Waals surface area contributed by atoms with Crippen molar-refractivity contribution in [3.8, 4) is 0 Å². The number of rotatable bonds is 7. The lowest BCUT2D eigenvalue weighted by Gasteiger charge is -2.06. The summed E-state index contributed by atoms with van der Waals surface area (Å²) in [6, 6.07) is 8.91. The highest BCUT2D eigenvalue weighted by Gasteiger charge is 2.13. The van der Waals surface area contributed by atoms with Crippen LogP contribution in [0.1, 0.15) is 48.9 Å². The number of carbonyl (C=O) groups is 3. The minimum atomic E-state index is -0.159. The number of carbonyl (C=O) groups excluding carboxylic acids is 3. The fraction of sp³-hybridized carbons (Fsp3) is 0.316. The van der Waals surface area contributed by atoms with Gasteiger partial charge in [0.15, 0.2) is 5.78 Å². The molecule has 2 amide bonds. The van der Waals surface area contributed by atoms with Crippen LogP contribution in [0.25, 0.3) is 0 Å². The van der Waals surface area contributed by atoms with Gasteiger partial charge in [0.1, 0.15) is 0 Å². The Labute approximate surface area is 151 Å². The van der Waals surface area contributed by atoms with Crippen LogP contribution in [0.4, 0.5) is 0 Å². The Hall–Kier alpha value is -2.47. The highest BCUT2D eigenvalue weighted by atomic mass is 32.1. The van der Waals surface area contributed by atoms with E-state index in [1.807, 2.05) is 19.9 Å². The van der Waals surface area contributed by atoms with Gasteiger partial charge in [-0.05, 0) is 37.6 Å². The number of Topliss-reactive ketones (excluding diaryl/α,β-unsaturated/α-hetero) is 1. The van der Waals surface area contributed by atoms with Gasteiger partial charge in [0.25, 0.3) is 5.91 Å². The lowest BCUT2D eigenvalue weighted by molar-refractivity contribution is -0.121. The van der Waals surface area contributed by atoms with E-state index in [4.69, 9.17) is 0 Å². The Morgan fingerprint density at radius 1 is 1.04 bits per heavy atom. The highest BCUT2D eigenvalue weighted by Crippen LogP contribution is 2.22. The molecule has 0 bridgehead atoms. The third-order valence-corrected chi connectivity index (χ3v) is 4.82. The van der Waals surface area contributed by atoms with Crippen molar-refractivity contribution >= 4 is 28.9 Å². The second kappa shape index (κ2) is 8.58. The first-order chi connectivity index (χ1) is 11.9. The molecule has 0 aliphatic rings. The van der Waals surface area contributed by atoms with Crippen LogP contribution in [0.5, 0.6) is 0 Å². The molecule has 0 saturated heterocycles. The molecule has 6 heteroatoms. The predicted molar refractivity (Wildman–Crippen MR) is 99.0 cm³/mol. The average molecular weight is 358 g/mol. The summed E-state index contributed by atoms with van der Waals surface area (Å²) in [5, 5.41) is 5.36. The third-order valence-electron chi connectivity index (χ3n) is 3.85. The van der Waals surface area contributed by atoms with Crippen LogP contribution in [0.3, 0.4) is 0 Å². The Morgan fingerprint density at radius 3 is 2.28 bits per heavy atom. The lowest BCUT2D eigenvalue weighted by atomic mass is 10.1. The number of benzene rings is 1. The summed E-state index contributed by atoms with van der Waals surface area (Å²) in [6.07, 6.45) is 0.377. The van der Waals surface area contributed by atoms with Gasteiger partial charge in [0.05, 0.1) is 0 Å². The van der Waals surface area contributed by atoms with E-state index in [0.29, 0.717) is 12.1 Å². The second-order valence-corrected chi connectivity index (χ2v) is 7.26. The number of nitrogens with one attached hydrogen (secondary N) is 2. The highest BCUT2D eigenvalue weighted by molar-refractivity contribution is 7.12. The minimum absolute atomic E-state index is 0.00642. The molecule has 0 aliphatic heterocycles. The van der Waals surface area contributed by atoms with Gasteiger partial charge in [0, 0.05) is 47.3 Å². The molecule has 132 valence electrons. The monoisotopic (exact) mass is 358 g/mol. The number of amides is 2. The maximum Gasteiger partial charge on any atom is 0.251 e. The third kappa shape index (κ3) is 5.26. The van der Waals surface area contributed by atoms with Gasteiger partial charge in [-0.15, -0.1) is 11.3 Å². The fourth-order valence-electron chi connectivity index (χ4n) is 2.48. The number of thiophene rings is 1. The zero-order valence-corrected chi connectivity index (χ0v) is 15.5. The summed E-state index contributed by atoms with van der Waals surface area (Å²) >= 11 is 1.59. The molecular formula is C19H22N2O3S. The Morgan fingerprint density at radius 2 is 1.72 bits per heavy atom. The maximum atomic E-state index is 12.2. The summed E-state index contributed by atoms with van der Waals surface area (Å²) in [6.45, 7) is 4.27. The molecule has 0 saturated carbocycles. The quantitative estimate of drug-likeness (QED) is 0.747. The average Bonchev–Trinajstić information content (AvgIpc) is 2.96. The Bertz CT molecular complexity index is 778. The fourth-order valence-corrected chi connectivity index (χ4v) is 3.42. The van der Waals surface area contributed by atoms with Crippen LogP contribution in [0, 0.1) is 13.8 Å². The molecule has 0 spiro atoms. The summed E-state index contributed by atoms with van der Waals surface area (Å²) in [7, 11) is 1.58. The standard InChI is InChI=1S/C19H22N2O3S/c1-12-10-16(13(2)25-12)17(22)8-9-18(23)21-11-14-4-6-15(7-5-14)19(24)20-3/h4-7,10H,8-9,11H2,1-3H3,(H,20,24)(H,21,23). The molecule has 1 heterocycles. The lowest BCUT2D eigenvalue weighted by Crippen LogP contribution is -2.23. The molecule has 1 aromatic heterocycles. The summed E-state index contributed by atoms with van der Waals surface area (Å²) in [5.41, 5.74) is 2.20. The zero-order valence-electron chi connectivity index (χ0n) is 14.6. The van der Waals surface area contributed by atoms with Gasteiger partial charge in [-0.1, -0.05) is 12.1 Å².